The average molecular weight is 437 g/mol. The fraction of sp³-hybridized carbons (Fsp3) is 0.278. The van der Waals surface area contributed by atoms with Crippen LogP contribution in [0.2, 0.25) is 5.02 Å². The third-order valence-electron chi connectivity index (χ3n) is 4.01. The molecule has 1 aromatic carbocycles. The molecule has 0 bridgehead atoms. The van der Waals surface area contributed by atoms with Gasteiger partial charge < -0.3 is 5.32 Å². The van der Waals surface area contributed by atoms with Crippen LogP contribution in [-0.4, -0.2) is 25.5 Å². The molecule has 0 fully saturated rings. The number of anilines is 1. The minimum Gasteiger partial charge on any atom is -0.309 e. The first-order valence-corrected chi connectivity index (χ1v) is 9.37. The van der Waals surface area contributed by atoms with Crippen LogP contribution in [0.4, 0.5) is 5.82 Å². The van der Waals surface area contributed by atoms with Crippen molar-refractivity contribution in [2.75, 3.05) is 5.32 Å². The maximum absolute atomic E-state index is 12.2. The Morgan fingerprint density at radius 1 is 1.19 bits per heavy atom. The lowest BCUT2D eigenvalue weighted by Gasteiger charge is -2.05. The Labute approximate surface area is 165 Å². The molecule has 3 rings (SSSR count). The molecule has 0 radical (unpaired) electrons. The summed E-state index contributed by atoms with van der Waals surface area (Å²) in [5.41, 5.74) is 3.02. The average Bonchev–Trinajstić information content (AvgIpc) is 3.15. The second kappa shape index (κ2) is 8.05. The molecule has 0 saturated heterocycles. The van der Waals surface area contributed by atoms with Gasteiger partial charge in [0.25, 0.3) is 0 Å². The van der Waals surface area contributed by atoms with Gasteiger partial charge in [0.05, 0.1) is 23.3 Å². The number of nitrogens with one attached hydrogen (secondary N) is 1. The van der Waals surface area contributed by atoms with Crippen molar-refractivity contribution in [1.29, 1.82) is 0 Å². The van der Waals surface area contributed by atoms with E-state index in [0.29, 0.717) is 30.4 Å². The van der Waals surface area contributed by atoms with Gasteiger partial charge in [-0.15, -0.1) is 0 Å². The number of carbonyl (C=O) groups excluding carboxylic acids is 1. The van der Waals surface area contributed by atoms with Crippen LogP contribution in [0.3, 0.4) is 0 Å². The first-order valence-electron chi connectivity index (χ1n) is 8.19. The predicted molar refractivity (Wildman–Crippen MR) is 105 cm³/mol. The Balaban J connectivity index is 1.54. The molecule has 0 saturated carbocycles. The number of nitrogens with zero attached hydrogens (tertiary/aromatic N) is 4. The Morgan fingerprint density at radius 3 is 2.58 bits per heavy atom. The van der Waals surface area contributed by atoms with Crippen molar-refractivity contribution in [1.82, 2.24) is 19.6 Å². The summed E-state index contributed by atoms with van der Waals surface area (Å²) in [6.45, 7) is 5.05. The number of aromatic nitrogens is 4. The van der Waals surface area contributed by atoms with E-state index in [1.165, 1.54) is 0 Å². The minimum atomic E-state index is -0.0922. The Morgan fingerprint density at radius 2 is 1.92 bits per heavy atom. The lowest BCUT2D eigenvalue weighted by molar-refractivity contribution is -0.116. The summed E-state index contributed by atoms with van der Waals surface area (Å²) in [5.74, 6) is 0.448. The molecule has 1 N–H and O–H groups in total. The summed E-state index contributed by atoms with van der Waals surface area (Å²) in [6.07, 6.45) is 2.17. The monoisotopic (exact) mass is 435 g/mol. The summed E-state index contributed by atoms with van der Waals surface area (Å²) in [7, 11) is 0. The number of benzene rings is 1. The highest BCUT2D eigenvalue weighted by atomic mass is 79.9. The topological polar surface area (TPSA) is 64.7 Å². The highest BCUT2D eigenvalue weighted by Crippen LogP contribution is 2.20. The second-order valence-corrected chi connectivity index (χ2v) is 7.26. The highest BCUT2D eigenvalue weighted by molar-refractivity contribution is 9.10. The molecular weight excluding hydrogens is 418 g/mol. The summed E-state index contributed by atoms with van der Waals surface area (Å²) in [4.78, 5) is 12.2. The van der Waals surface area contributed by atoms with Crippen molar-refractivity contribution in [2.45, 2.75) is 33.4 Å². The van der Waals surface area contributed by atoms with Gasteiger partial charge in [0.2, 0.25) is 5.91 Å². The van der Waals surface area contributed by atoms with E-state index in [2.05, 4.69) is 31.4 Å². The molecule has 0 unspecified atom stereocenters. The highest BCUT2D eigenvalue weighted by Gasteiger charge is 2.11. The summed E-state index contributed by atoms with van der Waals surface area (Å²) < 4.78 is 4.59. The molecule has 6 nitrogen and oxygen atoms in total. The van der Waals surface area contributed by atoms with Crippen LogP contribution >= 0.6 is 27.5 Å². The molecule has 136 valence electrons. The zero-order valence-electron chi connectivity index (χ0n) is 14.5. The number of rotatable bonds is 6. The molecular formula is C18H19BrClN5O. The molecule has 2 aromatic heterocycles. The van der Waals surface area contributed by atoms with E-state index in [4.69, 9.17) is 11.6 Å². The van der Waals surface area contributed by atoms with Gasteiger partial charge in [-0.3, -0.25) is 14.2 Å². The smallest absolute Gasteiger partial charge is 0.227 e. The third-order valence-corrected chi connectivity index (χ3v) is 5.41. The lowest BCUT2D eigenvalue weighted by atomic mass is 10.2. The fourth-order valence-corrected chi connectivity index (χ4v) is 3.01. The summed E-state index contributed by atoms with van der Waals surface area (Å²) >= 11 is 9.38. The fourth-order valence-electron chi connectivity index (χ4n) is 2.60. The van der Waals surface area contributed by atoms with Crippen LogP contribution in [0, 0.1) is 13.8 Å². The molecule has 8 heteroatoms. The number of carbonyl (C=O) groups is 1. The van der Waals surface area contributed by atoms with E-state index in [-0.39, 0.29) is 5.91 Å². The van der Waals surface area contributed by atoms with Gasteiger partial charge in [0.1, 0.15) is 0 Å². The number of hydrogen-bond acceptors (Lipinski definition) is 3. The normalized spacial score (nSPS) is 10.9. The van der Waals surface area contributed by atoms with Crippen LogP contribution in [0.1, 0.15) is 23.4 Å². The lowest BCUT2D eigenvalue weighted by Crippen LogP contribution is -2.16. The van der Waals surface area contributed by atoms with E-state index < -0.39 is 0 Å². The van der Waals surface area contributed by atoms with Crippen LogP contribution in [0.15, 0.2) is 41.0 Å². The second-order valence-electron chi connectivity index (χ2n) is 6.03. The Kier molecular flexibility index (Phi) is 5.78. The van der Waals surface area contributed by atoms with Crippen LogP contribution in [0.25, 0.3) is 0 Å². The first-order chi connectivity index (χ1) is 12.4. The van der Waals surface area contributed by atoms with Crippen molar-refractivity contribution in [2.24, 2.45) is 0 Å². The van der Waals surface area contributed by atoms with Gasteiger partial charge in [-0.05, 0) is 47.5 Å². The minimum absolute atomic E-state index is 0.0922. The van der Waals surface area contributed by atoms with Gasteiger partial charge in [0.15, 0.2) is 5.82 Å². The van der Waals surface area contributed by atoms with E-state index in [0.717, 1.165) is 21.4 Å². The van der Waals surface area contributed by atoms with Gasteiger partial charge in [-0.2, -0.15) is 10.2 Å². The van der Waals surface area contributed by atoms with Gasteiger partial charge in [-0.25, -0.2) is 0 Å². The van der Waals surface area contributed by atoms with E-state index in [1.54, 1.807) is 10.7 Å². The van der Waals surface area contributed by atoms with Crippen LogP contribution in [0.5, 0.6) is 0 Å². The van der Waals surface area contributed by atoms with E-state index in [1.807, 2.05) is 49.0 Å². The van der Waals surface area contributed by atoms with Crippen molar-refractivity contribution in [3.63, 3.8) is 0 Å². The quantitative estimate of drug-likeness (QED) is 0.630. The van der Waals surface area contributed by atoms with Gasteiger partial charge >= 0.3 is 0 Å². The molecule has 0 aliphatic rings. The zero-order chi connectivity index (χ0) is 18.7. The summed E-state index contributed by atoms with van der Waals surface area (Å²) in [6, 6.07) is 9.39. The Hall–Kier alpha value is -2.12. The van der Waals surface area contributed by atoms with Crippen molar-refractivity contribution < 1.29 is 4.79 Å². The largest absolute Gasteiger partial charge is 0.309 e. The maximum atomic E-state index is 12.2. The van der Waals surface area contributed by atoms with Gasteiger partial charge in [-0.1, -0.05) is 23.7 Å². The maximum Gasteiger partial charge on any atom is 0.227 e. The SMILES string of the molecule is Cc1nn(CCC(=O)Nc2ccn(Cc3ccc(Cl)cc3)n2)c(C)c1Br. The molecule has 0 aliphatic heterocycles. The molecule has 1 amide bonds. The number of hydrogen-bond donors (Lipinski definition) is 1. The number of aryl methyl sites for hydroxylation is 2. The Bertz CT molecular complexity index is 916. The van der Waals surface area contributed by atoms with Gasteiger partial charge in [0, 0.05) is 29.4 Å². The number of halogens is 2. The first kappa shape index (κ1) is 18.7. The van der Waals surface area contributed by atoms with E-state index in [9.17, 15) is 4.79 Å². The molecule has 0 aliphatic carbocycles. The van der Waals surface area contributed by atoms with Crippen molar-refractivity contribution >= 4 is 39.3 Å². The molecule has 0 spiro atoms. The van der Waals surface area contributed by atoms with Crippen LogP contribution in [-0.2, 0) is 17.9 Å². The van der Waals surface area contributed by atoms with Crippen molar-refractivity contribution in [3.8, 4) is 0 Å². The van der Waals surface area contributed by atoms with Crippen LogP contribution < -0.4 is 5.32 Å². The predicted octanol–water partition coefficient (Wildman–Crippen LogP) is 4.19. The summed E-state index contributed by atoms with van der Waals surface area (Å²) in [5, 5.41) is 12.3. The molecule has 2 heterocycles. The standard InChI is InChI=1S/C18H19BrClN5O/c1-12-18(19)13(2)25(22-12)10-8-17(26)21-16-7-9-24(23-16)11-14-3-5-15(20)6-4-14/h3-7,9H,8,10-11H2,1-2H3,(H,21,23,26). The molecule has 0 atom stereocenters. The molecule has 3 aromatic rings. The third kappa shape index (κ3) is 4.53. The number of amides is 1. The van der Waals surface area contributed by atoms with E-state index >= 15 is 0 Å². The molecule has 26 heavy (non-hydrogen) atoms. The van der Waals surface area contributed by atoms with Crippen molar-refractivity contribution in [3.05, 3.63) is 63.0 Å². The zero-order valence-corrected chi connectivity index (χ0v) is 16.9.